The van der Waals surface area contributed by atoms with Crippen molar-refractivity contribution < 1.29 is 4.52 Å². The van der Waals surface area contributed by atoms with Crippen LogP contribution in [0.1, 0.15) is 5.69 Å². The van der Waals surface area contributed by atoms with Crippen LogP contribution < -0.4 is 5.73 Å². The highest BCUT2D eigenvalue weighted by Crippen LogP contribution is 2.06. The molecule has 0 atom stereocenters. The number of rotatable bonds is 3. The molecule has 1 heterocycles. The molecule has 10 heavy (non-hydrogen) atoms. The molecule has 1 aromatic rings. The van der Waals surface area contributed by atoms with Gasteiger partial charge in [0.05, 0.1) is 5.69 Å². The van der Waals surface area contributed by atoms with E-state index in [0.29, 0.717) is 5.88 Å². The fourth-order valence-corrected chi connectivity index (χ4v) is 1.07. The zero-order chi connectivity index (χ0) is 7.40. The Balaban J connectivity index is 2.42. The smallest absolute Gasteiger partial charge is 0.222 e. The Kier molecular flexibility index (Phi) is 2.62. The second-order valence-corrected chi connectivity index (χ2v) is 2.95. The molecule has 3 nitrogen and oxygen atoms in total. The summed E-state index contributed by atoms with van der Waals surface area (Å²) >= 11 is 1.78. The largest absolute Gasteiger partial charge is 0.368 e. The van der Waals surface area contributed by atoms with Gasteiger partial charge in [-0.15, -0.1) is 0 Å². The summed E-state index contributed by atoms with van der Waals surface area (Å²) in [7, 11) is 0. The van der Waals surface area contributed by atoms with Gasteiger partial charge < -0.3 is 10.3 Å². The zero-order valence-electron chi connectivity index (χ0n) is 5.83. The molecule has 1 rings (SSSR count). The molecule has 0 fully saturated rings. The van der Waals surface area contributed by atoms with Crippen molar-refractivity contribution in [3.63, 3.8) is 0 Å². The summed E-state index contributed by atoms with van der Waals surface area (Å²) in [5, 5.41) is 3.74. The minimum atomic E-state index is 0.399. The van der Waals surface area contributed by atoms with E-state index in [2.05, 4.69) is 15.9 Å². The van der Waals surface area contributed by atoms with Gasteiger partial charge in [-0.2, -0.15) is 11.8 Å². The van der Waals surface area contributed by atoms with Gasteiger partial charge in [-0.1, -0.05) is 5.16 Å². The summed E-state index contributed by atoms with van der Waals surface area (Å²) < 4.78 is 4.68. The van der Waals surface area contributed by atoms with E-state index in [-0.39, 0.29) is 0 Å². The van der Waals surface area contributed by atoms with Crippen LogP contribution in [0.25, 0.3) is 0 Å². The number of hydrogen-bond donors (Lipinski definition) is 1. The summed E-state index contributed by atoms with van der Waals surface area (Å²) in [6, 6.07) is 1.76. The molecule has 0 aliphatic heterocycles. The molecular formula is C6H10N2OS. The molecule has 0 unspecified atom stereocenters. The quantitative estimate of drug-likeness (QED) is 0.717. The van der Waals surface area contributed by atoms with Crippen LogP contribution in [0.4, 0.5) is 5.88 Å². The standard InChI is InChI=1S/C6H10N2OS/c1-10-3-2-5-4-6(7)9-8-5/h4H,2-3,7H2,1H3. The molecule has 0 aliphatic rings. The molecule has 4 heteroatoms. The third kappa shape index (κ3) is 1.95. The van der Waals surface area contributed by atoms with Gasteiger partial charge in [0.15, 0.2) is 0 Å². The first-order valence-corrected chi connectivity index (χ1v) is 4.42. The Morgan fingerprint density at radius 2 is 2.60 bits per heavy atom. The van der Waals surface area contributed by atoms with Crippen molar-refractivity contribution in [1.29, 1.82) is 0 Å². The Morgan fingerprint density at radius 3 is 3.10 bits per heavy atom. The molecule has 0 bridgehead atoms. The number of aryl methyl sites for hydroxylation is 1. The highest BCUT2D eigenvalue weighted by Gasteiger charge is 1.98. The van der Waals surface area contributed by atoms with Crippen molar-refractivity contribution in [1.82, 2.24) is 5.16 Å². The third-order valence-corrected chi connectivity index (χ3v) is 1.75. The summed E-state index contributed by atoms with van der Waals surface area (Å²) in [6.07, 6.45) is 2.99. The van der Waals surface area contributed by atoms with Crippen molar-refractivity contribution in [3.8, 4) is 0 Å². The van der Waals surface area contributed by atoms with Gasteiger partial charge in [-0.25, -0.2) is 0 Å². The van der Waals surface area contributed by atoms with Gasteiger partial charge in [-0.05, 0) is 12.0 Å². The van der Waals surface area contributed by atoms with E-state index in [1.54, 1.807) is 17.8 Å². The van der Waals surface area contributed by atoms with Crippen LogP contribution in [0.5, 0.6) is 0 Å². The lowest BCUT2D eigenvalue weighted by molar-refractivity contribution is 0.428. The normalized spacial score (nSPS) is 10.1. The number of hydrogen-bond acceptors (Lipinski definition) is 4. The van der Waals surface area contributed by atoms with Crippen LogP contribution in [-0.4, -0.2) is 17.2 Å². The summed E-state index contributed by atoms with van der Waals surface area (Å²) in [5.74, 6) is 1.46. The molecule has 0 spiro atoms. The number of nitrogens with two attached hydrogens (primary N) is 1. The van der Waals surface area contributed by atoms with Crippen LogP contribution in [0, 0.1) is 0 Å². The lowest BCUT2D eigenvalue weighted by Crippen LogP contribution is -1.86. The minimum Gasteiger partial charge on any atom is -0.368 e. The Hall–Kier alpha value is -0.640. The molecule has 1 aromatic heterocycles. The average molecular weight is 158 g/mol. The molecule has 56 valence electrons. The summed E-state index contributed by atoms with van der Waals surface area (Å²) in [4.78, 5) is 0. The number of aromatic nitrogens is 1. The van der Waals surface area contributed by atoms with Crippen LogP contribution in [0.3, 0.4) is 0 Å². The highest BCUT2D eigenvalue weighted by atomic mass is 32.2. The van der Waals surface area contributed by atoms with Crippen LogP contribution in [0.2, 0.25) is 0 Å². The maximum Gasteiger partial charge on any atom is 0.222 e. The molecule has 0 saturated heterocycles. The maximum absolute atomic E-state index is 5.31. The van der Waals surface area contributed by atoms with Gasteiger partial charge in [0.25, 0.3) is 0 Å². The molecule has 2 N–H and O–H groups in total. The van der Waals surface area contributed by atoms with Crippen molar-refractivity contribution in [2.75, 3.05) is 17.7 Å². The minimum absolute atomic E-state index is 0.399. The van der Waals surface area contributed by atoms with E-state index >= 15 is 0 Å². The average Bonchev–Trinajstić information content (AvgIpc) is 2.31. The van der Waals surface area contributed by atoms with E-state index in [1.807, 2.05) is 0 Å². The molecule has 0 aliphatic carbocycles. The fraction of sp³-hybridized carbons (Fsp3) is 0.500. The maximum atomic E-state index is 5.31. The van der Waals surface area contributed by atoms with Gasteiger partial charge in [-0.3, -0.25) is 0 Å². The topological polar surface area (TPSA) is 52.0 Å². The van der Waals surface area contributed by atoms with Gasteiger partial charge in [0.1, 0.15) is 0 Å². The van der Waals surface area contributed by atoms with E-state index in [4.69, 9.17) is 5.73 Å². The lowest BCUT2D eigenvalue weighted by Gasteiger charge is -1.88. The van der Waals surface area contributed by atoms with E-state index < -0.39 is 0 Å². The molecule has 0 radical (unpaired) electrons. The van der Waals surface area contributed by atoms with Gasteiger partial charge in [0.2, 0.25) is 5.88 Å². The van der Waals surface area contributed by atoms with Crippen LogP contribution >= 0.6 is 11.8 Å². The lowest BCUT2D eigenvalue weighted by atomic mass is 10.3. The second-order valence-electron chi connectivity index (χ2n) is 1.96. The number of nitrogens with zero attached hydrogens (tertiary/aromatic N) is 1. The molecule has 0 saturated carbocycles. The number of thioether (sulfide) groups is 1. The number of anilines is 1. The van der Waals surface area contributed by atoms with Crippen molar-refractivity contribution in [2.45, 2.75) is 6.42 Å². The third-order valence-electron chi connectivity index (χ3n) is 1.14. The Bertz CT molecular complexity index is 199. The SMILES string of the molecule is CSCCc1cc(N)on1. The van der Waals surface area contributed by atoms with Gasteiger partial charge in [0, 0.05) is 12.5 Å². The zero-order valence-corrected chi connectivity index (χ0v) is 6.65. The van der Waals surface area contributed by atoms with Gasteiger partial charge >= 0.3 is 0 Å². The fourth-order valence-electron chi connectivity index (χ4n) is 0.653. The Morgan fingerprint density at radius 1 is 1.80 bits per heavy atom. The predicted molar refractivity (Wildman–Crippen MR) is 43.0 cm³/mol. The van der Waals surface area contributed by atoms with Crippen LogP contribution in [-0.2, 0) is 6.42 Å². The molecule has 0 aromatic carbocycles. The van der Waals surface area contributed by atoms with Crippen LogP contribution in [0.15, 0.2) is 10.6 Å². The molecular weight excluding hydrogens is 148 g/mol. The Labute approximate surface area is 64.0 Å². The molecule has 0 amide bonds. The predicted octanol–water partition coefficient (Wildman–Crippen LogP) is 1.16. The van der Waals surface area contributed by atoms with E-state index in [9.17, 15) is 0 Å². The van der Waals surface area contributed by atoms with E-state index in [0.717, 1.165) is 17.9 Å². The van der Waals surface area contributed by atoms with E-state index in [1.165, 1.54) is 0 Å². The van der Waals surface area contributed by atoms with Crippen molar-refractivity contribution >= 4 is 17.6 Å². The van der Waals surface area contributed by atoms with Crippen molar-refractivity contribution in [3.05, 3.63) is 11.8 Å². The monoisotopic (exact) mass is 158 g/mol. The summed E-state index contributed by atoms with van der Waals surface area (Å²) in [5.41, 5.74) is 6.25. The van der Waals surface area contributed by atoms with Crippen molar-refractivity contribution in [2.24, 2.45) is 0 Å². The summed E-state index contributed by atoms with van der Waals surface area (Å²) in [6.45, 7) is 0. The first-order chi connectivity index (χ1) is 4.83. The first-order valence-electron chi connectivity index (χ1n) is 3.03. The first kappa shape index (κ1) is 7.47. The number of nitrogen functional groups attached to an aromatic ring is 1. The highest BCUT2D eigenvalue weighted by molar-refractivity contribution is 7.98. The second kappa shape index (κ2) is 3.51.